The Kier molecular flexibility index (Phi) is 3.09. The third-order valence-electron chi connectivity index (χ3n) is 4.84. The number of piperidine rings is 1. The molecule has 0 amide bonds. The number of carboxylic acid groups (broad SMARTS) is 1. The first-order chi connectivity index (χ1) is 8.25. The summed E-state index contributed by atoms with van der Waals surface area (Å²) in [5.41, 5.74) is 0. The van der Waals surface area contributed by atoms with Crippen LogP contribution in [-0.4, -0.2) is 59.1 Å². The summed E-state index contributed by atoms with van der Waals surface area (Å²) in [5, 5.41) is 9.15. The topological polar surface area (TPSA) is 43.8 Å². The SMILES string of the molecule is O=C(O)C1CCCN(C2CCN3CCCC23)C1. The van der Waals surface area contributed by atoms with Crippen molar-refractivity contribution in [2.45, 2.75) is 44.2 Å². The van der Waals surface area contributed by atoms with Gasteiger partial charge in [-0.25, -0.2) is 0 Å². The maximum absolute atomic E-state index is 11.1. The highest BCUT2D eigenvalue weighted by atomic mass is 16.4. The summed E-state index contributed by atoms with van der Waals surface area (Å²) < 4.78 is 0. The van der Waals surface area contributed by atoms with E-state index in [1.54, 1.807) is 0 Å². The van der Waals surface area contributed by atoms with Gasteiger partial charge in [0, 0.05) is 25.2 Å². The van der Waals surface area contributed by atoms with Crippen LogP contribution in [0.3, 0.4) is 0 Å². The van der Waals surface area contributed by atoms with Crippen LogP contribution in [0.5, 0.6) is 0 Å². The maximum atomic E-state index is 11.1. The number of hydrogen-bond acceptors (Lipinski definition) is 3. The lowest BCUT2D eigenvalue weighted by molar-refractivity contribution is -0.144. The van der Waals surface area contributed by atoms with E-state index in [0.29, 0.717) is 6.04 Å². The molecule has 0 aromatic rings. The average Bonchev–Trinajstić information content (AvgIpc) is 2.90. The van der Waals surface area contributed by atoms with Gasteiger partial charge in [-0.05, 0) is 45.2 Å². The van der Waals surface area contributed by atoms with Gasteiger partial charge in [-0.3, -0.25) is 14.6 Å². The summed E-state index contributed by atoms with van der Waals surface area (Å²) in [5.74, 6) is -0.727. The largest absolute Gasteiger partial charge is 0.481 e. The Balaban J connectivity index is 1.65. The van der Waals surface area contributed by atoms with Gasteiger partial charge in [0.1, 0.15) is 0 Å². The number of nitrogens with zero attached hydrogens (tertiary/aromatic N) is 2. The number of carbonyl (C=O) groups is 1. The number of likely N-dealkylation sites (tertiary alicyclic amines) is 1. The smallest absolute Gasteiger partial charge is 0.307 e. The van der Waals surface area contributed by atoms with Gasteiger partial charge < -0.3 is 5.11 Å². The molecule has 0 aromatic heterocycles. The van der Waals surface area contributed by atoms with E-state index in [-0.39, 0.29) is 5.92 Å². The van der Waals surface area contributed by atoms with E-state index in [1.165, 1.54) is 32.4 Å². The van der Waals surface area contributed by atoms with Crippen LogP contribution in [0.2, 0.25) is 0 Å². The zero-order valence-corrected chi connectivity index (χ0v) is 10.3. The van der Waals surface area contributed by atoms with E-state index in [1.807, 2.05) is 0 Å². The third-order valence-corrected chi connectivity index (χ3v) is 4.84. The van der Waals surface area contributed by atoms with Crippen molar-refractivity contribution in [3.05, 3.63) is 0 Å². The predicted molar refractivity (Wildman–Crippen MR) is 64.9 cm³/mol. The van der Waals surface area contributed by atoms with Crippen molar-refractivity contribution < 1.29 is 9.90 Å². The second-order valence-electron chi connectivity index (χ2n) is 5.77. The second kappa shape index (κ2) is 4.58. The monoisotopic (exact) mass is 238 g/mol. The van der Waals surface area contributed by atoms with Crippen molar-refractivity contribution in [3.8, 4) is 0 Å². The van der Waals surface area contributed by atoms with E-state index in [0.717, 1.165) is 32.0 Å². The molecule has 3 aliphatic heterocycles. The zero-order valence-electron chi connectivity index (χ0n) is 10.3. The van der Waals surface area contributed by atoms with Crippen LogP contribution in [0.1, 0.15) is 32.1 Å². The number of carboxylic acids is 1. The fourth-order valence-corrected chi connectivity index (χ4v) is 3.99. The van der Waals surface area contributed by atoms with Crippen LogP contribution in [-0.2, 0) is 4.79 Å². The molecule has 3 fully saturated rings. The summed E-state index contributed by atoms with van der Waals surface area (Å²) in [4.78, 5) is 16.2. The molecule has 3 aliphatic rings. The van der Waals surface area contributed by atoms with Gasteiger partial charge in [0.25, 0.3) is 0 Å². The first kappa shape index (κ1) is 11.5. The molecule has 4 nitrogen and oxygen atoms in total. The molecule has 0 aliphatic carbocycles. The summed E-state index contributed by atoms with van der Waals surface area (Å²) >= 11 is 0. The van der Waals surface area contributed by atoms with Gasteiger partial charge in [-0.1, -0.05) is 0 Å². The Morgan fingerprint density at radius 3 is 2.47 bits per heavy atom. The molecule has 0 saturated carbocycles. The molecule has 3 saturated heterocycles. The average molecular weight is 238 g/mol. The van der Waals surface area contributed by atoms with Crippen LogP contribution >= 0.6 is 0 Å². The summed E-state index contributed by atoms with van der Waals surface area (Å²) in [7, 11) is 0. The molecule has 3 atom stereocenters. The van der Waals surface area contributed by atoms with E-state index >= 15 is 0 Å². The van der Waals surface area contributed by atoms with Crippen LogP contribution in [0.15, 0.2) is 0 Å². The minimum atomic E-state index is -0.601. The molecule has 4 heteroatoms. The van der Waals surface area contributed by atoms with Crippen LogP contribution in [0.4, 0.5) is 0 Å². The van der Waals surface area contributed by atoms with Crippen molar-refractivity contribution >= 4 is 5.97 Å². The number of hydrogen-bond donors (Lipinski definition) is 1. The van der Waals surface area contributed by atoms with E-state index in [4.69, 9.17) is 5.11 Å². The van der Waals surface area contributed by atoms with Gasteiger partial charge in [-0.2, -0.15) is 0 Å². The standard InChI is InChI=1S/C13H22N2O2/c16-13(17)10-3-1-7-15(9-10)12-5-8-14-6-2-4-11(12)14/h10-12H,1-9H2,(H,16,17). The second-order valence-corrected chi connectivity index (χ2v) is 5.77. The van der Waals surface area contributed by atoms with E-state index in [2.05, 4.69) is 9.80 Å². The van der Waals surface area contributed by atoms with Gasteiger partial charge in [0.05, 0.1) is 5.92 Å². The molecular formula is C13H22N2O2. The van der Waals surface area contributed by atoms with Crippen molar-refractivity contribution in [1.29, 1.82) is 0 Å². The summed E-state index contributed by atoms with van der Waals surface area (Å²) in [6.07, 6.45) is 5.82. The molecule has 3 rings (SSSR count). The highest BCUT2D eigenvalue weighted by Crippen LogP contribution is 2.33. The summed E-state index contributed by atoms with van der Waals surface area (Å²) in [6, 6.07) is 1.36. The fraction of sp³-hybridized carbons (Fsp3) is 0.923. The molecule has 0 aromatic carbocycles. The molecule has 3 heterocycles. The molecule has 1 N–H and O–H groups in total. The Morgan fingerprint density at radius 2 is 1.65 bits per heavy atom. The van der Waals surface area contributed by atoms with Gasteiger partial charge in [0.2, 0.25) is 0 Å². The van der Waals surface area contributed by atoms with E-state index < -0.39 is 5.97 Å². The van der Waals surface area contributed by atoms with Crippen LogP contribution < -0.4 is 0 Å². The number of rotatable bonds is 2. The highest BCUT2D eigenvalue weighted by Gasteiger charge is 2.41. The van der Waals surface area contributed by atoms with Crippen molar-refractivity contribution in [2.75, 3.05) is 26.2 Å². The van der Waals surface area contributed by atoms with Crippen molar-refractivity contribution in [1.82, 2.24) is 9.80 Å². The molecule has 0 bridgehead atoms. The quantitative estimate of drug-likeness (QED) is 0.780. The Hall–Kier alpha value is -0.610. The third kappa shape index (κ3) is 2.08. The van der Waals surface area contributed by atoms with Gasteiger partial charge >= 0.3 is 5.97 Å². The Bertz CT molecular complexity index is 308. The van der Waals surface area contributed by atoms with Crippen molar-refractivity contribution in [3.63, 3.8) is 0 Å². The molecule has 17 heavy (non-hydrogen) atoms. The Labute approximate surface area is 103 Å². The zero-order chi connectivity index (χ0) is 11.8. The molecule has 96 valence electrons. The van der Waals surface area contributed by atoms with Crippen LogP contribution in [0.25, 0.3) is 0 Å². The normalized spacial score (nSPS) is 39.4. The minimum absolute atomic E-state index is 0.126. The lowest BCUT2D eigenvalue weighted by Crippen LogP contribution is -2.48. The van der Waals surface area contributed by atoms with Gasteiger partial charge in [0.15, 0.2) is 0 Å². The summed E-state index contributed by atoms with van der Waals surface area (Å²) in [6.45, 7) is 4.38. The first-order valence-corrected chi connectivity index (χ1v) is 6.96. The first-order valence-electron chi connectivity index (χ1n) is 6.96. The minimum Gasteiger partial charge on any atom is -0.481 e. The predicted octanol–water partition coefficient (Wildman–Crippen LogP) is 1.02. The number of fused-ring (bicyclic) bond motifs is 1. The molecule has 3 unspecified atom stereocenters. The molecule has 0 radical (unpaired) electrons. The molecule has 0 spiro atoms. The fourth-order valence-electron chi connectivity index (χ4n) is 3.99. The van der Waals surface area contributed by atoms with Crippen LogP contribution in [0, 0.1) is 5.92 Å². The van der Waals surface area contributed by atoms with Crippen molar-refractivity contribution in [2.24, 2.45) is 5.92 Å². The number of aliphatic carboxylic acids is 1. The Morgan fingerprint density at radius 1 is 0.941 bits per heavy atom. The lowest BCUT2D eigenvalue weighted by atomic mass is 9.94. The van der Waals surface area contributed by atoms with Gasteiger partial charge in [-0.15, -0.1) is 0 Å². The molecular weight excluding hydrogens is 216 g/mol. The highest BCUT2D eigenvalue weighted by molar-refractivity contribution is 5.70. The van der Waals surface area contributed by atoms with E-state index in [9.17, 15) is 4.79 Å². The maximum Gasteiger partial charge on any atom is 0.307 e. The lowest BCUT2D eigenvalue weighted by Gasteiger charge is -2.37.